The average Bonchev–Trinajstić information content (AvgIpc) is 3.00. The van der Waals surface area contributed by atoms with Crippen LogP contribution in [0, 0.1) is 6.92 Å². The van der Waals surface area contributed by atoms with Crippen LogP contribution in [0.2, 0.25) is 0 Å². The molecule has 6 heteroatoms. The molecule has 0 saturated heterocycles. The lowest BCUT2D eigenvalue weighted by Gasteiger charge is -2.24. The number of benzene rings is 1. The van der Waals surface area contributed by atoms with Gasteiger partial charge < -0.3 is 21.5 Å². The van der Waals surface area contributed by atoms with Crippen molar-refractivity contribution < 1.29 is 5.11 Å². The van der Waals surface area contributed by atoms with Crippen LogP contribution < -0.4 is 16.4 Å². The Morgan fingerprint density at radius 3 is 2.65 bits per heavy atom. The Kier molecular flexibility index (Phi) is 8.67. The third kappa shape index (κ3) is 6.91. The number of aromatic nitrogens is 1. The number of aliphatic hydroxyl groups excluding tert-OH is 1. The maximum atomic E-state index is 9.67. The molecule has 1 aromatic carbocycles. The molecule has 0 aliphatic heterocycles. The molecule has 0 radical (unpaired) electrons. The first kappa shape index (κ1) is 23.5. The summed E-state index contributed by atoms with van der Waals surface area (Å²) < 4.78 is 0. The summed E-state index contributed by atoms with van der Waals surface area (Å²) in [5.41, 5.74) is 9.05. The molecule has 5 N–H and O–H groups in total. The maximum Gasteiger partial charge on any atom is 0.144 e. The van der Waals surface area contributed by atoms with Gasteiger partial charge in [-0.2, -0.15) is 0 Å². The fourth-order valence-electron chi connectivity index (χ4n) is 4.45. The zero-order valence-corrected chi connectivity index (χ0v) is 19.3. The molecule has 2 atom stereocenters. The van der Waals surface area contributed by atoms with Crippen molar-refractivity contribution in [2.45, 2.75) is 90.4 Å². The SMILES string of the molecule is CCC(CCNc1nc2ccc(C)cc2cc1C(N)=NC(C)O)NC1CCCCCC1. The van der Waals surface area contributed by atoms with Gasteiger partial charge in [-0.1, -0.05) is 44.2 Å². The summed E-state index contributed by atoms with van der Waals surface area (Å²) in [6.07, 6.45) is 9.32. The Hall–Kier alpha value is -2.18. The van der Waals surface area contributed by atoms with E-state index in [1.165, 1.54) is 44.1 Å². The molecule has 1 heterocycles. The summed E-state index contributed by atoms with van der Waals surface area (Å²) in [5, 5.41) is 18.1. The van der Waals surface area contributed by atoms with E-state index in [0.717, 1.165) is 41.7 Å². The molecule has 2 unspecified atom stereocenters. The van der Waals surface area contributed by atoms with Gasteiger partial charge in [-0.3, -0.25) is 0 Å². The fraction of sp³-hybridized carbons (Fsp3) is 0.600. The monoisotopic (exact) mass is 425 g/mol. The Labute approximate surface area is 186 Å². The van der Waals surface area contributed by atoms with E-state index in [9.17, 15) is 5.11 Å². The van der Waals surface area contributed by atoms with Crippen LogP contribution in [0.1, 0.15) is 76.3 Å². The summed E-state index contributed by atoms with van der Waals surface area (Å²) in [4.78, 5) is 8.96. The molecule has 3 rings (SSSR count). The summed E-state index contributed by atoms with van der Waals surface area (Å²) in [7, 11) is 0. The zero-order valence-electron chi connectivity index (χ0n) is 19.3. The van der Waals surface area contributed by atoms with Gasteiger partial charge in [0.1, 0.15) is 17.9 Å². The van der Waals surface area contributed by atoms with E-state index in [1.807, 2.05) is 12.1 Å². The number of fused-ring (bicyclic) bond motifs is 1. The number of aliphatic imine (C=N–C) groups is 1. The maximum absolute atomic E-state index is 9.67. The van der Waals surface area contributed by atoms with Crippen molar-refractivity contribution in [2.75, 3.05) is 11.9 Å². The average molecular weight is 426 g/mol. The second-order valence-electron chi connectivity index (χ2n) is 8.90. The first-order valence-corrected chi connectivity index (χ1v) is 11.9. The van der Waals surface area contributed by atoms with E-state index in [0.29, 0.717) is 17.9 Å². The number of amidine groups is 1. The highest BCUT2D eigenvalue weighted by atomic mass is 16.3. The molecule has 6 nitrogen and oxygen atoms in total. The second-order valence-corrected chi connectivity index (χ2v) is 8.90. The summed E-state index contributed by atoms with van der Waals surface area (Å²) >= 11 is 0. The largest absolute Gasteiger partial charge is 0.383 e. The molecule has 1 aromatic heterocycles. The van der Waals surface area contributed by atoms with Crippen molar-refractivity contribution in [3.05, 3.63) is 35.4 Å². The third-order valence-corrected chi connectivity index (χ3v) is 6.18. The predicted octanol–water partition coefficient (Wildman–Crippen LogP) is 4.48. The van der Waals surface area contributed by atoms with Crippen molar-refractivity contribution in [1.29, 1.82) is 0 Å². The van der Waals surface area contributed by atoms with Crippen LogP contribution in [0.4, 0.5) is 5.82 Å². The smallest absolute Gasteiger partial charge is 0.144 e. The number of hydrogen-bond donors (Lipinski definition) is 4. The number of aliphatic hydroxyl groups is 1. The molecule has 1 fully saturated rings. The van der Waals surface area contributed by atoms with Crippen molar-refractivity contribution in [2.24, 2.45) is 10.7 Å². The van der Waals surface area contributed by atoms with Crippen LogP contribution >= 0.6 is 0 Å². The van der Waals surface area contributed by atoms with E-state index in [-0.39, 0.29) is 0 Å². The van der Waals surface area contributed by atoms with Crippen LogP contribution in [0.25, 0.3) is 10.9 Å². The van der Waals surface area contributed by atoms with E-state index in [4.69, 9.17) is 10.7 Å². The first-order valence-electron chi connectivity index (χ1n) is 11.9. The van der Waals surface area contributed by atoms with E-state index < -0.39 is 6.23 Å². The highest BCUT2D eigenvalue weighted by Gasteiger charge is 2.17. The zero-order chi connectivity index (χ0) is 22.2. The Morgan fingerprint density at radius 2 is 1.97 bits per heavy atom. The molecular weight excluding hydrogens is 386 g/mol. The van der Waals surface area contributed by atoms with Gasteiger partial charge in [-0.05, 0) is 57.7 Å². The normalized spacial score (nSPS) is 18.0. The minimum Gasteiger partial charge on any atom is -0.383 e. The minimum absolute atomic E-state index is 0.303. The van der Waals surface area contributed by atoms with Gasteiger partial charge >= 0.3 is 0 Å². The molecule has 1 saturated carbocycles. The van der Waals surface area contributed by atoms with Gasteiger partial charge in [0.2, 0.25) is 0 Å². The molecule has 31 heavy (non-hydrogen) atoms. The molecule has 1 aliphatic carbocycles. The molecule has 1 aliphatic rings. The minimum atomic E-state index is -0.852. The second kappa shape index (κ2) is 11.4. The number of aryl methyl sites for hydroxylation is 1. The van der Waals surface area contributed by atoms with Crippen molar-refractivity contribution in [3.8, 4) is 0 Å². The van der Waals surface area contributed by atoms with Gasteiger partial charge in [0, 0.05) is 24.0 Å². The van der Waals surface area contributed by atoms with Gasteiger partial charge in [0.25, 0.3) is 0 Å². The number of hydrogen-bond acceptors (Lipinski definition) is 5. The number of nitrogens with two attached hydrogens (primary N) is 1. The fourth-order valence-corrected chi connectivity index (χ4v) is 4.45. The van der Waals surface area contributed by atoms with Crippen molar-refractivity contribution >= 4 is 22.6 Å². The van der Waals surface area contributed by atoms with Gasteiger partial charge in [0.15, 0.2) is 0 Å². The van der Waals surface area contributed by atoms with Gasteiger partial charge in [-0.25, -0.2) is 9.98 Å². The van der Waals surface area contributed by atoms with Crippen LogP contribution in [0.3, 0.4) is 0 Å². The highest BCUT2D eigenvalue weighted by Crippen LogP contribution is 2.23. The van der Waals surface area contributed by atoms with Crippen molar-refractivity contribution in [1.82, 2.24) is 10.3 Å². The van der Waals surface area contributed by atoms with Crippen molar-refractivity contribution in [3.63, 3.8) is 0 Å². The van der Waals surface area contributed by atoms with Crippen LogP contribution in [-0.2, 0) is 0 Å². The predicted molar refractivity (Wildman–Crippen MR) is 131 cm³/mol. The van der Waals surface area contributed by atoms with E-state index in [1.54, 1.807) is 6.92 Å². The Bertz CT molecular complexity index is 872. The lowest BCUT2D eigenvalue weighted by molar-refractivity contribution is 0.205. The van der Waals surface area contributed by atoms with E-state index >= 15 is 0 Å². The topological polar surface area (TPSA) is 95.6 Å². The third-order valence-electron chi connectivity index (χ3n) is 6.18. The number of pyridine rings is 1. The molecular formula is C25H39N5O. The van der Waals surface area contributed by atoms with Crippen LogP contribution in [-0.4, -0.2) is 40.8 Å². The number of nitrogens with zero attached hydrogens (tertiary/aromatic N) is 2. The molecule has 0 bridgehead atoms. The van der Waals surface area contributed by atoms with E-state index in [2.05, 4.69) is 41.6 Å². The lowest BCUT2D eigenvalue weighted by atomic mass is 10.0. The quantitative estimate of drug-likeness (QED) is 0.270. The summed E-state index contributed by atoms with van der Waals surface area (Å²) in [5.74, 6) is 1.03. The van der Waals surface area contributed by atoms with Crippen LogP contribution in [0.5, 0.6) is 0 Å². The number of nitrogens with one attached hydrogen (secondary N) is 2. The molecule has 170 valence electrons. The first-order chi connectivity index (χ1) is 15.0. The Balaban J connectivity index is 1.72. The molecule has 0 spiro atoms. The molecule has 2 aromatic rings. The van der Waals surface area contributed by atoms with Gasteiger partial charge in [0.05, 0.1) is 11.1 Å². The summed E-state index contributed by atoms with van der Waals surface area (Å²) in [6, 6.07) is 9.35. The number of rotatable bonds is 9. The van der Waals surface area contributed by atoms with Gasteiger partial charge in [-0.15, -0.1) is 0 Å². The van der Waals surface area contributed by atoms with Crippen LogP contribution in [0.15, 0.2) is 29.3 Å². The standard InChI is InChI=1S/C25H39N5O/c1-4-20(29-21-9-7-5-6-8-10-21)13-14-27-25-22(24(26)28-18(3)31)16-19-15-17(2)11-12-23(19)30-25/h11-12,15-16,18,20-21,29,31H,4-10,13-14H2,1-3H3,(H2,26,28)(H,27,30). The Morgan fingerprint density at radius 1 is 1.23 bits per heavy atom. The molecule has 0 amide bonds. The summed E-state index contributed by atoms with van der Waals surface area (Å²) in [6.45, 7) is 6.72. The lowest BCUT2D eigenvalue weighted by Crippen LogP contribution is -2.38. The highest BCUT2D eigenvalue weighted by molar-refractivity contribution is 6.04. The number of anilines is 1.